The largest absolute Gasteiger partial charge is 0.207 e. The van der Waals surface area contributed by atoms with Crippen molar-refractivity contribution in [3.63, 3.8) is 0 Å². The van der Waals surface area contributed by atoms with Gasteiger partial charge in [0.1, 0.15) is 5.82 Å². The van der Waals surface area contributed by atoms with Crippen LogP contribution in [-0.2, 0) is 0 Å². The second kappa shape index (κ2) is 3.34. The Kier molecular flexibility index (Phi) is 2.96. The third kappa shape index (κ3) is 3.32. The maximum absolute atomic E-state index is 13.7. The molecular weight excluding hydrogens is 278 g/mol. The molecule has 7 heteroatoms. The standard InChI is InChI=1S/C9H14F4P2S/c1-6(2)8-5-7(3-4-9(8)10)16(11,12,13,14)15/h3-6H,14-15H2,1-2H3. The Morgan fingerprint density at radius 2 is 1.62 bits per heavy atom. The molecule has 0 nitrogen and oxygen atoms in total. The zero-order valence-corrected chi connectivity index (χ0v) is 12.0. The highest BCUT2D eigenvalue weighted by atomic mass is 33.2. The molecule has 0 fully saturated rings. The molecule has 2 atom stereocenters. The molecule has 0 aromatic heterocycles. The number of benzene rings is 1. The van der Waals surface area contributed by atoms with E-state index in [2.05, 4.69) is 0 Å². The number of hydrogen-bond donors (Lipinski definition) is 0. The Balaban J connectivity index is 3.47. The van der Waals surface area contributed by atoms with Crippen LogP contribution >= 0.6 is 25.6 Å². The molecule has 0 aliphatic rings. The second-order valence-corrected chi connectivity index (χ2v) is 15.1. The molecule has 0 radical (unpaired) electrons. The van der Waals surface area contributed by atoms with E-state index in [9.17, 15) is 16.0 Å². The van der Waals surface area contributed by atoms with Gasteiger partial charge in [0.25, 0.3) is 0 Å². The summed E-state index contributed by atoms with van der Waals surface area (Å²) >= 11 is 0. The summed E-state index contributed by atoms with van der Waals surface area (Å²) in [5, 5.41) is 0. The Morgan fingerprint density at radius 3 is 2.00 bits per heavy atom. The molecular formula is C9H14F4P2S. The molecule has 0 heterocycles. The predicted molar refractivity (Wildman–Crippen MR) is 69.1 cm³/mol. The van der Waals surface area contributed by atoms with Gasteiger partial charge in [-0.25, -0.2) is 4.39 Å². The first-order chi connectivity index (χ1) is 6.81. The van der Waals surface area contributed by atoms with Crippen molar-refractivity contribution < 1.29 is 16.0 Å². The van der Waals surface area contributed by atoms with Crippen LogP contribution in [0.3, 0.4) is 0 Å². The lowest BCUT2D eigenvalue weighted by molar-refractivity contribution is 0.588. The molecule has 0 aliphatic carbocycles. The van der Waals surface area contributed by atoms with E-state index in [1.54, 1.807) is 13.8 Å². The molecule has 1 aromatic carbocycles. The zero-order valence-electron chi connectivity index (χ0n) is 8.88. The van der Waals surface area contributed by atoms with E-state index < -0.39 is 19.4 Å². The summed E-state index contributed by atoms with van der Waals surface area (Å²) in [6.45, 7) is 3.31. The molecule has 0 aliphatic heterocycles. The highest BCUT2D eigenvalue weighted by molar-refractivity contribution is 9.06. The van der Waals surface area contributed by atoms with Gasteiger partial charge in [0.05, 0.1) is 13.6 Å². The topological polar surface area (TPSA) is 0 Å². The number of rotatable bonds is 2. The van der Waals surface area contributed by atoms with Gasteiger partial charge in [-0.05, 0) is 46.6 Å². The SMILES string of the molecule is CC(C)c1cc(S(F)(F)(F)(P)P)ccc1F. The van der Waals surface area contributed by atoms with E-state index in [1.165, 1.54) is 0 Å². The Morgan fingerprint density at radius 1 is 1.12 bits per heavy atom. The van der Waals surface area contributed by atoms with Crippen LogP contribution in [0, 0.1) is 5.82 Å². The predicted octanol–water partition coefficient (Wildman–Crippen LogP) is 5.42. The van der Waals surface area contributed by atoms with Crippen LogP contribution < -0.4 is 0 Å². The molecule has 0 N–H and O–H groups in total. The fraction of sp³-hybridized carbons (Fsp3) is 0.333. The monoisotopic (exact) mass is 292 g/mol. The van der Waals surface area contributed by atoms with Crippen LogP contribution in [0.1, 0.15) is 25.3 Å². The van der Waals surface area contributed by atoms with E-state index in [0.717, 1.165) is 35.1 Å². The van der Waals surface area contributed by atoms with Crippen molar-refractivity contribution in [3.8, 4) is 0 Å². The average molecular weight is 292 g/mol. The van der Waals surface area contributed by atoms with Gasteiger partial charge in [0.15, 0.2) is 0 Å². The summed E-state index contributed by atoms with van der Waals surface area (Å²) in [6, 6.07) is 2.54. The third-order valence-electron chi connectivity index (χ3n) is 2.13. The molecule has 94 valence electrons. The lowest BCUT2D eigenvalue weighted by Crippen LogP contribution is -2.04. The minimum Gasteiger partial charge on any atom is -0.207 e. The van der Waals surface area contributed by atoms with Crippen molar-refractivity contribution in [2.75, 3.05) is 0 Å². The molecule has 0 saturated carbocycles. The summed E-state index contributed by atoms with van der Waals surface area (Å²) in [7, 11) is -4.92. The fourth-order valence-electron chi connectivity index (χ4n) is 1.25. The van der Waals surface area contributed by atoms with E-state index in [-0.39, 0.29) is 11.5 Å². The number of halogens is 4. The van der Waals surface area contributed by atoms with E-state index in [1.807, 2.05) is 0 Å². The van der Waals surface area contributed by atoms with Crippen molar-refractivity contribution in [1.82, 2.24) is 0 Å². The molecule has 0 saturated heterocycles. The summed E-state index contributed by atoms with van der Waals surface area (Å²) in [6.07, 6.45) is 0. The molecule has 16 heavy (non-hydrogen) atoms. The van der Waals surface area contributed by atoms with Gasteiger partial charge in [-0.3, -0.25) is 0 Å². The first kappa shape index (κ1) is 14.2. The van der Waals surface area contributed by atoms with E-state index in [4.69, 9.17) is 0 Å². The van der Waals surface area contributed by atoms with E-state index >= 15 is 0 Å². The third-order valence-corrected chi connectivity index (χ3v) is 5.09. The van der Waals surface area contributed by atoms with Crippen molar-refractivity contribution in [2.24, 2.45) is 0 Å². The van der Waals surface area contributed by atoms with Gasteiger partial charge in [-0.2, -0.15) is 0 Å². The molecule has 2 unspecified atom stereocenters. The minimum absolute atomic E-state index is 0.0837. The molecule has 0 spiro atoms. The van der Waals surface area contributed by atoms with Gasteiger partial charge in [0, 0.05) is 0 Å². The van der Waals surface area contributed by atoms with Crippen LogP contribution in [0.25, 0.3) is 0 Å². The maximum Gasteiger partial charge on any atom is 0.126 e. The van der Waals surface area contributed by atoms with Gasteiger partial charge >= 0.3 is 0 Å². The first-order valence-electron chi connectivity index (χ1n) is 4.51. The molecule has 0 bridgehead atoms. The van der Waals surface area contributed by atoms with Gasteiger partial charge in [0.2, 0.25) is 0 Å². The number of hydrogen-bond acceptors (Lipinski definition) is 0. The van der Waals surface area contributed by atoms with Crippen molar-refractivity contribution in [3.05, 3.63) is 29.6 Å². The Hall–Kier alpha value is 0.150. The van der Waals surface area contributed by atoms with Crippen LogP contribution in [-0.4, -0.2) is 0 Å². The summed E-state index contributed by atoms with van der Waals surface area (Å²) in [5.74, 6) is -0.884. The lowest BCUT2D eigenvalue weighted by Gasteiger charge is -2.50. The lowest BCUT2D eigenvalue weighted by atomic mass is 10.0. The van der Waals surface area contributed by atoms with Gasteiger partial charge in [-0.15, -0.1) is 11.7 Å². The van der Waals surface area contributed by atoms with Gasteiger partial charge in [-0.1, -0.05) is 13.8 Å². The fourth-order valence-corrected chi connectivity index (χ4v) is 2.91. The molecule has 0 amide bonds. The molecule has 1 rings (SSSR count). The zero-order chi connectivity index (χ0) is 12.8. The summed E-state index contributed by atoms with van der Waals surface area (Å²) < 4.78 is 54.3. The first-order valence-corrected chi connectivity index (χ1v) is 9.61. The Labute approximate surface area is 96.2 Å². The second-order valence-electron chi connectivity index (χ2n) is 4.15. The normalized spacial score (nSPS) is 17.1. The van der Waals surface area contributed by atoms with Crippen molar-refractivity contribution >= 4 is 25.6 Å². The highest BCUT2D eigenvalue weighted by Crippen LogP contribution is 3.09. The Bertz CT molecular complexity index is 424. The summed E-state index contributed by atoms with van der Waals surface area (Å²) in [4.78, 5) is -0.792. The molecule has 1 aromatic rings. The maximum atomic E-state index is 13.7. The average Bonchev–Trinajstić information content (AvgIpc) is 1.99. The quantitative estimate of drug-likeness (QED) is 0.504. The van der Waals surface area contributed by atoms with Crippen LogP contribution in [0.15, 0.2) is 23.1 Å². The van der Waals surface area contributed by atoms with Gasteiger partial charge < -0.3 is 0 Å². The minimum atomic E-state index is -6.87. The smallest absolute Gasteiger partial charge is 0.126 e. The van der Waals surface area contributed by atoms with Crippen LogP contribution in [0.4, 0.5) is 16.0 Å². The van der Waals surface area contributed by atoms with E-state index in [0.29, 0.717) is 0 Å². The van der Waals surface area contributed by atoms with Crippen molar-refractivity contribution in [1.29, 1.82) is 0 Å². The van der Waals surface area contributed by atoms with Crippen LogP contribution in [0.2, 0.25) is 0 Å². The highest BCUT2D eigenvalue weighted by Gasteiger charge is 2.54. The van der Waals surface area contributed by atoms with Crippen LogP contribution in [0.5, 0.6) is 0 Å². The van der Waals surface area contributed by atoms with Crippen molar-refractivity contribution in [2.45, 2.75) is 24.7 Å². The summed E-state index contributed by atoms with van der Waals surface area (Å²) in [5.41, 5.74) is 0.0837.